The number of nitrogens with zero attached hydrogens (tertiary/aromatic N) is 1. The van der Waals surface area contributed by atoms with Gasteiger partial charge in [0, 0.05) is 6.54 Å². The lowest BCUT2D eigenvalue weighted by Gasteiger charge is -2.39. The van der Waals surface area contributed by atoms with Gasteiger partial charge >= 0.3 is 5.97 Å². The molecule has 1 N–H and O–H groups in total. The van der Waals surface area contributed by atoms with Crippen molar-refractivity contribution in [2.24, 2.45) is 5.92 Å². The zero-order valence-electron chi connectivity index (χ0n) is 11.5. The summed E-state index contributed by atoms with van der Waals surface area (Å²) in [5.41, 5.74) is -0.655. The maximum Gasteiger partial charge on any atom is 0.324 e. The first-order valence-corrected chi connectivity index (χ1v) is 7.01. The fraction of sp³-hybridized carbons (Fsp3) is 0.929. The molecule has 0 saturated heterocycles. The molecule has 0 spiro atoms. The van der Waals surface area contributed by atoms with Gasteiger partial charge in [-0.05, 0) is 38.6 Å². The molecular weight excluding hydrogens is 214 g/mol. The van der Waals surface area contributed by atoms with E-state index in [-0.39, 0.29) is 0 Å². The number of rotatable bonds is 6. The highest BCUT2D eigenvalue weighted by atomic mass is 16.4. The molecule has 1 fully saturated rings. The van der Waals surface area contributed by atoms with E-state index >= 15 is 0 Å². The largest absolute Gasteiger partial charge is 0.480 e. The van der Waals surface area contributed by atoms with E-state index in [2.05, 4.69) is 4.90 Å². The first kappa shape index (κ1) is 14.5. The molecule has 100 valence electrons. The van der Waals surface area contributed by atoms with Gasteiger partial charge in [0.1, 0.15) is 5.54 Å². The van der Waals surface area contributed by atoms with E-state index in [4.69, 9.17) is 0 Å². The fourth-order valence-electron chi connectivity index (χ4n) is 3.19. The van der Waals surface area contributed by atoms with E-state index in [1.165, 1.54) is 32.1 Å². The van der Waals surface area contributed by atoms with E-state index in [9.17, 15) is 9.90 Å². The van der Waals surface area contributed by atoms with Crippen molar-refractivity contribution in [2.45, 2.75) is 64.3 Å². The van der Waals surface area contributed by atoms with Gasteiger partial charge in [-0.3, -0.25) is 9.69 Å². The van der Waals surface area contributed by atoms with Crippen LogP contribution in [-0.4, -0.2) is 35.1 Å². The summed E-state index contributed by atoms with van der Waals surface area (Å²) in [6.07, 6.45) is 7.89. The van der Waals surface area contributed by atoms with Crippen molar-refractivity contribution in [1.82, 2.24) is 4.90 Å². The van der Waals surface area contributed by atoms with E-state index in [1.54, 1.807) is 0 Å². The van der Waals surface area contributed by atoms with Crippen LogP contribution in [0.1, 0.15) is 58.8 Å². The zero-order chi connectivity index (χ0) is 12.9. The molecule has 0 aliphatic heterocycles. The van der Waals surface area contributed by atoms with Crippen LogP contribution in [-0.2, 0) is 4.79 Å². The number of carboxylic acid groups (broad SMARTS) is 1. The van der Waals surface area contributed by atoms with Gasteiger partial charge in [-0.2, -0.15) is 0 Å². The summed E-state index contributed by atoms with van der Waals surface area (Å²) < 4.78 is 0. The molecule has 17 heavy (non-hydrogen) atoms. The van der Waals surface area contributed by atoms with Crippen molar-refractivity contribution in [1.29, 1.82) is 0 Å². The Hall–Kier alpha value is -0.570. The molecule has 0 unspecified atom stereocenters. The highest BCUT2D eigenvalue weighted by Crippen LogP contribution is 2.29. The van der Waals surface area contributed by atoms with Gasteiger partial charge in [-0.1, -0.05) is 33.1 Å². The van der Waals surface area contributed by atoms with Crippen LogP contribution in [0, 0.1) is 5.92 Å². The van der Waals surface area contributed by atoms with Crippen LogP contribution < -0.4 is 0 Å². The van der Waals surface area contributed by atoms with Crippen molar-refractivity contribution < 1.29 is 9.90 Å². The molecule has 0 amide bonds. The van der Waals surface area contributed by atoms with Crippen LogP contribution in [0.2, 0.25) is 0 Å². The fourth-order valence-corrected chi connectivity index (χ4v) is 3.19. The van der Waals surface area contributed by atoms with Crippen molar-refractivity contribution in [2.75, 3.05) is 13.6 Å². The lowest BCUT2D eigenvalue weighted by molar-refractivity contribution is -0.152. The maximum atomic E-state index is 11.5. The van der Waals surface area contributed by atoms with Crippen LogP contribution in [0.4, 0.5) is 0 Å². The normalized spacial score (nSPS) is 18.6. The summed E-state index contributed by atoms with van der Waals surface area (Å²) in [5, 5.41) is 9.48. The average molecular weight is 241 g/mol. The van der Waals surface area contributed by atoms with Crippen molar-refractivity contribution >= 4 is 5.97 Å². The van der Waals surface area contributed by atoms with E-state index in [1.807, 2.05) is 20.9 Å². The van der Waals surface area contributed by atoms with Crippen LogP contribution in [0.3, 0.4) is 0 Å². The standard InChI is InChI=1S/C14H27NO2/c1-4-14(5-2,13(16)17)15(3)11-12-9-7-6-8-10-12/h12H,4-11H2,1-3H3,(H,16,17). The van der Waals surface area contributed by atoms with Gasteiger partial charge in [-0.25, -0.2) is 0 Å². The number of hydrogen-bond donors (Lipinski definition) is 1. The molecule has 0 aromatic carbocycles. The summed E-state index contributed by atoms with van der Waals surface area (Å²) in [5.74, 6) is 0.0337. The first-order chi connectivity index (χ1) is 8.06. The number of aliphatic carboxylic acids is 1. The van der Waals surface area contributed by atoms with Gasteiger partial charge < -0.3 is 5.11 Å². The van der Waals surface area contributed by atoms with E-state index < -0.39 is 11.5 Å². The van der Waals surface area contributed by atoms with Crippen LogP contribution in [0.25, 0.3) is 0 Å². The molecule has 1 aliphatic rings. The SMILES string of the molecule is CCC(CC)(C(=O)O)N(C)CC1CCCCC1. The number of carboxylic acids is 1. The van der Waals surface area contributed by atoms with Crippen LogP contribution in [0.15, 0.2) is 0 Å². The van der Waals surface area contributed by atoms with Gasteiger partial charge in [0.25, 0.3) is 0 Å². The molecular formula is C14H27NO2. The minimum atomic E-state index is -0.666. The van der Waals surface area contributed by atoms with Crippen molar-refractivity contribution in [3.8, 4) is 0 Å². The average Bonchev–Trinajstić information content (AvgIpc) is 2.32. The third-order valence-corrected chi connectivity index (χ3v) is 4.56. The Morgan fingerprint density at radius 3 is 2.18 bits per heavy atom. The molecule has 0 heterocycles. The number of carbonyl (C=O) groups is 1. The predicted molar refractivity (Wildman–Crippen MR) is 70.2 cm³/mol. The summed E-state index contributed by atoms with van der Waals surface area (Å²) in [4.78, 5) is 13.6. The Kier molecular flexibility index (Phi) is 5.44. The Balaban J connectivity index is 2.64. The first-order valence-electron chi connectivity index (χ1n) is 7.01. The van der Waals surface area contributed by atoms with Gasteiger partial charge in [-0.15, -0.1) is 0 Å². The molecule has 0 atom stereocenters. The van der Waals surface area contributed by atoms with Crippen LogP contribution >= 0.6 is 0 Å². The second kappa shape index (κ2) is 6.39. The lowest BCUT2D eigenvalue weighted by Crippen LogP contribution is -2.53. The highest BCUT2D eigenvalue weighted by Gasteiger charge is 2.39. The second-order valence-electron chi connectivity index (χ2n) is 5.43. The predicted octanol–water partition coefficient (Wildman–Crippen LogP) is 3.14. The molecule has 3 heteroatoms. The van der Waals surface area contributed by atoms with E-state index in [0.29, 0.717) is 18.8 Å². The summed E-state index contributed by atoms with van der Waals surface area (Å²) in [6, 6.07) is 0. The molecule has 0 aromatic heterocycles. The Morgan fingerprint density at radius 1 is 1.24 bits per heavy atom. The molecule has 1 rings (SSSR count). The molecule has 0 bridgehead atoms. The Morgan fingerprint density at radius 2 is 1.76 bits per heavy atom. The van der Waals surface area contributed by atoms with Gasteiger partial charge in [0.15, 0.2) is 0 Å². The zero-order valence-corrected chi connectivity index (χ0v) is 11.5. The smallest absolute Gasteiger partial charge is 0.324 e. The highest BCUT2D eigenvalue weighted by molar-refractivity contribution is 5.78. The van der Waals surface area contributed by atoms with Crippen LogP contribution in [0.5, 0.6) is 0 Å². The monoisotopic (exact) mass is 241 g/mol. The molecule has 0 radical (unpaired) electrons. The molecule has 3 nitrogen and oxygen atoms in total. The summed E-state index contributed by atoms with van der Waals surface area (Å²) >= 11 is 0. The van der Waals surface area contributed by atoms with Crippen molar-refractivity contribution in [3.05, 3.63) is 0 Å². The Bertz CT molecular complexity index is 243. The topological polar surface area (TPSA) is 40.5 Å². The van der Waals surface area contributed by atoms with Gasteiger partial charge in [0.2, 0.25) is 0 Å². The summed E-state index contributed by atoms with van der Waals surface area (Å²) in [6.45, 7) is 4.90. The van der Waals surface area contributed by atoms with E-state index in [0.717, 1.165) is 6.54 Å². The van der Waals surface area contributed by atoms with Crippen molar-refractivity contribution in [3.63, 3.8) is 0 Å². The quantitative estimate of drug-likeness (QED) is 0.776. The maximum absolute atomic E-state index is 11.5. The third kappa shape index (κ3) is 3.21. The van der Waals surface area contributed by atoms with Gasteiger partial charge in [0.05, 0.1) is 0 Å². The lowest BCUT2D eigenvalue weighted by atomic mass is 9.85. The minimum absolute atomic E-state index is 0.655. The number of likely N-dealkylation sites (N-methyl/N-ethyl adjacent to an activating group) is 1. The summed E-state index contributed by atoms with van der Waals surface area (Å²) in [7, 11) is 1.98. The Labute approximate surface area is 105 Å². The molecule has 1 aliphatic carbocycles. The number of hydrogen-bond acceptors (Lipinski definition) is 2. The third-order valence-electron chi connectivity index (χ3n) is 4.56. The second-order valence-corrected chi connectivity index (χ2v) is 5.43. The molecule has 0 aromatic rings. The molecule has 1 saturated carbocycles. The minimum Gasteiger partial charge on any atom is -0.480 e.